The first-order valence-electron chi connectivity index (χ1n) is 7.93. The van der Waals surface area contributed by atoms with E-state index in [0.717, 1.165) is 16.0 Å². The first-order valence-corrected chi connectivity index (χ1v) is 8.72. The average molecular weight is 396 g/mol. The molecule has 0 saturated carbocycles. The fraction of sp³-hybridized carbons (Fsp3) is 0.100. The average Bonchev–Trinajstić information content (AvgIpc) is 2.61. The Labute approximate surface area is 155 Å². The van der Waals surface area contributed by atoms with Crippen LogP contribution in [0, 0.1) is 6.92 Å². The van der Waals surface area contributed by atoms with Crippen LogP contribution in [0.25, 0.3) is 0 Å². The van der Waals surface area contributed by atoms with E-state index in [1.54, 1.807) is 12.3 Å². The van der Waals surface area contributed by atoms with Gasteiger partial charge in [0.1, 0.15) is 5.82 Å². The van der Waals surface area contributed by atoms with Crippen LogP contribution < -0.4 is 10.6 Å². The zero-order valence-electron chi connectivity index (χ0n) is 13.8. The van der Waals surface area contributed by atoms with Crippen molar-refractivity contribution in [1.29, 1.82) is 0 Å². The summed E-state index contributed by atoms with van der Waals surface area (Å²) in [6.07, 6.45) is 1.58. The molecule has 0 spiro atoms. The van der Waals surface area contributed by atoms with Crippen molar-refractivity contribution in [2.24, 2.45) is 0 Å². The Bertz CT molecular complexity index is 878. The van der Waals surface area contributed by atoms with E-state index in [0.29, 0.717) is 12.1 Å². The van der Waals surface area contributed by atoms with Gasteiger partial charge in [0.15, 0.2) is 0 Å². The number of amides is 1. The van der Waals surface area contributed by atoms with Crippen molar-refractivity contribution in [1.82, 2.24) is 4.98 Å². The van der Waals surface area contributed by atoms with Crippen LogP contribution in [0.15, 0.2) is 71.3 Å². The molecule has 0 aliphatic rings. The maximum Gasteiger partial charge on any atom is 0.257 e. The van der Waals surface area contributed by atoms with Crippen LogP contribution in [0.5, 0.6) is 0 Å². The minimum absolute atomic E-state index is 0.184. The molecule has 3 aromatic rings. The van der Waals surface area contributed by atoms with Gasteiger partial charge in [-0.05, 0) is 48.4 Å². The van der Waals surface area contributed by atoms with Crippen molar-refractivity contribution in [2.45, 2.75) is 13.5 Å². The van der Waals surface area contributed by atoms with Gasteiger partial charge in [0.25, 0.3) is 5.91 Å². The fourth-order valence-electron chi connectivity index (χ4n) is 2.40. The van der Waals surface area contributed by atoms with Crippen molar-refractivity contribution < 1.29 is 4.79 Å². The SMILES string of the molecule is Cc1ccccc1CNc1ccc(C(=O)Nc2cccc(Br)c2)cn1. The molecule has 0 saturated heterocycles. The van der Waals surface area contributed by atoms with Gasteiger partial charge in [-0.1, -0.05) is 46.3 Å². The van der Waals surface area contributed by atoms with Crippen LogP contribution in [-0.2, 0) is 6.54 Å². The summed E-state index contributed by atoms with van der Waals surface area (Å²) in [5, 5.41) is 6.13. The van der Waals surface area contributed by atoms with Crippen LogP contribution in [0.4, 0.5) is 11.5 Å². The van der Waals surface area contributed by atoms with Gasteiger partial charge >= 0.3 is 0 Å². The second-order valence-electron chi connectivity index (χ2n) is 5.68. The Morgan fingerprint density at radius 2 is 1.92 bits per heavy atom. The molecule has 1 amide bonds. The highest BCUT2D eigenvalue weighted by Crippen LogP contribution is 2.17. The number of hydrogen-bond donors (Lipinski definition) is 2. The lowest BCUT2D eigenvalue weighted by atomic mass is 10.1. The van der Waals surface area contributed by atoms with Crippen LogP contribution >= 0.6 is 15.9 Å². The topological polar surface area (TPSA) is 54.0 Å². The van der Waals surface area contributed by atoms with Crippen LogP contribution in [0.1, 0.15) is 21.5 Å². The van der Waals surface area contributed by atoms with Crippen LogP contribution in [0.2, 0.25) is 0 Å². The molecule has 1 aromatic heterocycles. The molecule has 25 heavy (non-hydrogen) atoms. The van der Waals surface area contributed by atoms with Crippen molar-refractivity contribution in [2.75, 3.05) is 10.6 Å². The Morgan fingerprint density at radius 1 is 1.08 bits per heavy atom. The van der Waals surface area contributed by atoms with E-state index in [-0.39, 0.29) is 5.91 Å². The van der Waals surface area contributed by atoms with Gasteiger partial charge in [-0.2, -0.15) is 0 Å². The molecule has 0 fully saturated rings. The van der Waals surface area contributed by atoms with Gasteiger partial charge in [-0.3, -0.25) is 4.79 Å². The van der Waals surface area contributed by atoms with E-state index in [4.69, 9.17) is 0 Å². The zero-order valence-corrected chi connectivity index (χ0v) is 15.4. The fourth-order valence-corrected chi connectivity index (χ4v) is 2.80. The summed E-state index contributed by atoms with van der Waals surface area (Å²) < 4.78 is 0.916. The molecule has 0 radical (unpaired) electrons. The third-order valence-corrected chi connectivity index (χ3v) is 4.32. The smallest absolute Gasteiger partial charge is 0.257 e. The van der Waals surface area contributed by atoms with E-state index in [1.807, 2.05) is 42.5 Å². The van der Waals surface area contributed by atoms with Gasteiger partial charge in [0.2, 0.25) is 0 Å². The number of nitrogens with zero attached hydrogens (tertiary/aromatic N) is 1. The Balaban J connectivity index is 1.61. The largest absolute Gasteiger partial charge is 0.366 e. The monoisotopic (exact) mass is 395 g/mol. The normalized spacial score (nSPS) is 10.3. The molecule has 0 bridgehead atoms. The lowest BCUT2D eigenvalue weighted by Gasteiger charge is -2.09. The van der Waals surface area contributed by atoms with Gasteiger partial charge in [0, 0.05) is 22.9 Å². The predicted molar refractivity (Wildman–Crippen MR) is 105 cm³/mol. The summed E-state index contributed by atoms with van der Waals surface area (Å²) >= 11 is 3.39. The number of pyridine rings is 1. The highest BCUT2D eigenvalue weighted by molar-refractivity contribution is 9.10. The number of anilines is 2. The molecular weight excluding hydrogens is 378 g/mol. The lowest BCUT2D eigenvalue weighted by Crippen LogP contribution is -2.12. The molecule has 2 N–H and O–H groups in total. The standard InChI is InChI=1S/C20H18BrN3O/c1-14-5-2-3-6-15(14)12-22-19-10-9-16(13-23-19)20(25)24-18-8-4-7-17(21)11-18/h2-11,13H,12H2,1H3,(H,22,23)(H,24,25). The molecule has 0 aliphatic heterocycles. The maximum atomic E-state index is 12.3. The minimum Gasteiger partial charge on any atom is -0.366 e. The first kappa shape index (κ1) is 17.2. The molecule has 1 heterocycles. The van der Waals surface area contributed by atoms with Crippen LogP contribution in [-0.4, -0.2) is 10.9 Å². The van der Waals surface area contributed by atoms with Gasteiger partial charge in [-0.15, -0.1) is 0 Å². The second-order valence-corrected chi connectivity index (χ2v) is 6.59. The van der Waals surface area contributed by atoms with E-state index in [1.165, 1.54) is 11.1 Å². The number of aromatic nitrogens is 1. The number of hydrogen-bond acceptors (Lipinski definition) is 3. The molecule has 0 atom stereocenters. The maximum absolute atomic E-state index is 12.3. The molecule has 3 rings (SSSR count). The summed E-state index contributed by atoms with van der Waals surface area (Å²) in [6.45, 7) is 2.78. The molecule has 0 aliphatic carbocycles. The Hall–Kier alpha value is -2.66. The molecule has 0 unspecified atom stereocenters. The van der Waals surface area contributed by atoms with E-state index < -0.39 is 0 Å². The summed E-state index contributed by atoms with van der Waals surface area (Å²) in [4.78, 5) is 16.6. The molecule has 126 valence electrons. The Morgan fingerprint density at radius 3 is 2.64 bits per heavy atom. The van der Waals surface area contributed by atoms with Crippen molar-refractivity contribution >= 4 is 33.3 Å². The minimum atomic E-state index is -0.184. The molecule has 4 nitrogen and oxygen atoms in total. The number of rotatable bonds is 5. The highest BCUT2D eigenvalue weighted by atomic mass is 79.9. The quantitative estimate of drug-likeness (QED) is 0.637. The number of halogens is 1. The molecular formula is C20H18BrN3O. The number of nitrogens with one attached hydrogen (secondary N) is 2. The third kappa shape index (κ3) is 4.67. The first-order chi connectivity index (χ1) is 12.1. The summed E-state index contributed by atoms with van der Waals surface area (Å²) in [5.41, 5.74) is 3.71. The third-order valence-electron chi connectivity index (χ3n) is 3.83. The van der Waals surface area contributed by atoms with Crippen molar-refractivity contribution in [3.8, 4) is 0 Å². The summed E-state index contributed by atoms with van der Waals surface area (Å²) in [6, 6.07) is 19.3. The number of carbonyl (C=O) groups excluding carboxylic acids is 1. The van der Waals surface area contributed by atoms with Crippen LogP contribution in [0.3, 0.4) is 0 Å². The van der Waals surface area contributed by atoms with E-state index in [2.05, 4.69) is 50.6 Å². The number of carbonyl (C=O) groups is 1. The van der Waals surface area contributed by atoms with E-state index in [9.17, 15) is 4.79 Å². The van der Waals surface area contributed by atoms with Crippen molar-refractivity contribution in [3.05, 3.63) is 88.0 Å². The molecule has 2 aromatic carbocycles. The Kier molecular flexibility index (Phi) is 5.46. The lowest BCUT2D eigenvalue weighted by molar-refractivity contribution is 0.102. The number of benzene rings is 2. The van der Waals surface area contributed by atoms with Crippen molar-refractivity contribution in [3.63, 3.8) is 0 Å². The van der Waals surface area contributed by atoms with Gasteiger partial charge in [-0.25, -0.2) is 4.98 Å². The number of aryl methyl sites for hydroxylation is 1. The predicted octanol–water partition coefficient (Wildman–Crippen LogP) is 5.02. The second kappa shape index (κ2) is 7.94. The molecule has 5 heteroatoms. The summed E-state index contributed by atoms with van der Waals surface area (Å²) in [5.74, 6) is 0.554. The highest BCUT2D eigenvalue weighted by Gasteiger charge is 2.07. The zero-order chi connectivity index (χ0) is 17.6. The van der Waals surface area contributed by atoms with E-state index >= 15 is 0 Å². The summed E-state index contributed by atoms with van der Waals surface area (Å²) in [7, 11) is 0. The van der Waals surface area contributed by atoms with Gasteiger partial charge < -0.3 is 10.6 Å². The van der Waals surface area contributed by atoms with Gasteiger partial charge in [0.05, 0.1) is 5.56 Å².